The van der Waals surface area contributed by atoms with Crippen molar-refractivity contribution >= 4 is 0 Å². The summed E-state index contributed by atoms with van der Waals surface area (Å²) in [6.45, 7) is 6.72. The van der Waals surface area contributed by atoms with E-state index in [1.54, 1.807) is 0 Å². The van der Waals surface area contributed by atoms with Crippen molar-refractivity contribution < 1.29 is 0 Å². The fourth-order valence-electron chi connectivity index (χ4n) is 2.90. The van der Waals surface area contributed by atoms with Crippen LogP contribution in [-0.2, 0) is 0 Å². The molecule has 0 heterocycles. The summed E-state index contributed by atoms with van der Waals surface area (Å²) in [5.74, 6) is 0. The van der Waals surface area contributed by atoms with Crippen molar-refractivity contribution in [2.45, 2.75) is 52.1 Å². The number of hydrogen-bond donors (Lipinski definition) is 1. The topological polar surface area (TPSA) is 12.0 Å². The Kier molecular flexibility index (Phi) is 6.01. The van der Waals surface area contributed by atoms with Crippen LogP contribution in [0.2, 0.25) is 0 Å². The lowest BCUT2D eigenvalue weighted by atomic mass is 9.97. The van der Waals surface area contributed by atoms with Crippen LogP contribution in [0.15, 0.2) is 54.6 Å². The number of nitrogens with one attached hydrogen (secondary N) is 1. The first-order chi connectivity index (χ1) is 10.2. The van der Waals surface area contributed by atoms with E-state index in [1.807, 2.05) is 0 Å². The Balaban J connectivity index is 2.13. The summed E-state index contributed by atoms with van der Waals surface area (Å²) in [5, 5.41) is 3.83. The average molecular weight is 281 g/mol. The molecule has 1 heteroatoms. The highest BCUT2D eigenvalue weighted by Crippen LogP contribution is 2.25. The minimum absolute atomic E-state index is 0.369. The third kappa shape index (κ3) is 4.44. The normalized spacial score (nSPS) is 13.9. The summed E-state index contributed by atoms with van der Waals surface area (Å²) in [6.07, 6.45) is 3.69. The highest BCUT2D eigenvalue weighted by Gasteiger charge is 2.15. The molecule has 0 aliphatic heterocycles. The summed E-state index contributed by atoms with van der Waals surface area (Å²) in [4.78, 5) is 0. The molecule has 2 aromatic rings. The number of unbranched alkanes of at least 4 members (excludes halogenated alkanes) is 1. The van der Waals surface area contributed by atoms with Gasteiger partial charge in [0.25, 0.3) is 0 Å². The van der Waals surface area contributed by atoms with Crippen LogP contribution < -0.4 is 5.32 Å². The van der Waals surface area contributed by atoms with Crippen LogP contribution >= 0.6 is 0 Å². The van der Waals surface area contributed by atoms with E-state index in [9.17, 15) is 0 Å². The van der Waals surface area contributed by atoms with Crippen LogP contribution in [0.3, 0.4) is 0 Å². The predicted octanol–water partition coefficient (Wildman–Crippen LogP) is 5.58. The maximum atomic E-state index is 3.83. The van der Waals surface area contributed by atoms with Crippen LogP contribution in [0.5, 0.6) is 0 Å². The first kappa shape index (κ1) is 15.8. The largest absolute Gasteiger partial charge is 0.303 e. The van der Waals surface area contributed by atoms with E-state index in [1.165, 1.54) is 36.0 Å². The molecule has 0 radical (unpaired) electrons. The third-order valence-electron chi connectivity index (χ3n) is 4.15. The minimum atomic E-state index is 0.369. The van der Waals surface area contributed by atoms with Crippen molar-refractivity contribution in [2.24, 2.45) is 0 Å². The number of benzene rings is 2. The second-order valence-electron chi connectivity index (χ2n) is 5.85. The molecular formula is C20H27N. The highest BCUT2D eigenvalue weighted by molar-refractivity contribution is 5.29. The lowest BCUT2D eigenvalue weighted by molar-refractivity contribution is 0.430. The van der Waals surface area contributed by atoms with E-state index in [4.69, 9.17) is 0 Å². The third-order valence-corrected chi connectivity index (χ3v) is 4.15. The van der Waals surface area contributed by atoms with Gasteiger partial charge in [-0.1, -0.05) is 74.4 Å². The van der Waals surface area contributed by atoms with E-state index in [-0.39, 0.29) is 0 Å². The Morgan fingerprint density at radius 2 is 1.62 bits per heavy atom. The molecular weight excluding hydrogens is 254 g/mol. The summed E-state index contributed by atoms with van der Waals surface area (Å²) in [6, 6.07) is 20.3. The second-order valence-corrected chi connectivity index (χ2v) is 5.85. The molecule has 2 rings (SSSR count). The molecule has 0 fully saturated rings. The van der Waals surface area contributed by atoms with Gasteiger partial charge in [-0.2, -0.15) is 0 Å². The first-order valence-corrected chi connectivity index (χ1v) is 8.09. The van der Waals surface area contributed by atoms with Crippen LogP contribution in [0.25, 0.3) is 0 Å². The summed E-state index contributed by atoms with van der Waals surface area (Å²) in [5.41, 5.74) is 4.15. The molecule has 2 aromatic carbocycles. The lowest BCUT2D eigenvalue weighted by Crippen LogP contribution is -2.25. The number of hydrogen-bond acceptors (Lipinski definition) is 1. The fourth-order valence-corrected chi connectivity index (χ4v) is 2.90. The molecule has 2 atom stereocenters. The SMILES string of the molecule is CCCCC(N[C@H](C)c1ccccc1C)c1ccccc1. The molecule has 0 saturated carbocycles. The van der Waals surface area contributed by atoms with E-state index in [0.717, 1.165) is 0 Å². The van der Waals surface area contributed by atoms with Gasteiger partial charge >= 0.3 is 0 Å². The van der Waals surface area contributed by atoms with Gasteiger partial charge in [0.05, 0.1) is 0 Å². The minimum Gasteiger partial charge on any atom is -0.303 e. The predicted molar refractivity (Wildman–Crippen MR) is 91.4 cm³/mol. The molecule has 0 spiro atoms. The zero-order valence-corrected chi connectivity index (χ0v) is 13.5. The molecule has 0 saturated heterocycles. The van der Waals surface area contributed by atoms with Gasteiger partial charge in [0.15, 0.2) is 0 Å². The van der Waals surface area contributed by atoms with Gasteiger partial charge in [0, 0.05) is 12.1 Å². The Hall–Kier alpha value is -1.60. The zero-order chi connectivity index (χ0) is 15.1. The Morgan fingerprint density at radius 3 is 2.29 bits per heavy atom. The van der Waals surface area contributed by atoms with Crippen LogP contribution in [0, 0.1) is 6.92 Å². The molecule has 1 N–H and O–H groups in total. The second kappa shape index (κ2) is 7.99. The zero-order valence-electron chi connectivity index (χ0n) is 13.5. The molecule has 0 aliphatic rings. The van der Waals surface area contributed by atoms with Gasteiger partial charge in [0.2, 0.25) is 0 Å². The fraction of sp³-hybridized carbons (Fsp3) is 0.400. The van der Waals surface area contributed by atoms with E-state index < -0.39 is 0 Å². The summed E-state index contributed by atoms with van der Waals surface area (Å²) < 4.78 is 0. The van der Waals surface area contributed by atoms with Crippen molar-refractivity contribution in [2.75, 3.05) is 0 Å². The summed E-state index contributed by atoms with van der Waals surface area (Å²) in [7, 11) is 0. The van der Waals surface area contributed by atoms with Gasteiger partial charge in [-0.3, -0.25) is 0 Å². The molecule has 21 heavy (non-hydrogen) atoms. The van der Waals surface area contributed by atoms with Gasteiger partial charge in [0.1, 0.15) is 0 Å². The van der Waals surface area contributed by atoms with Gasteiger partial charge in [-0.15, -0.1) is 0 Å². The molecule has 1 nitrogen and oxygen atoms in total. The average Bonchev–Trinajstić information content (AvgIpc) is 2.52. The maximum absolute atomic E-state index is 3.83. The highest BCUT2D eigenvalue weighted by atomic mass is 14.9. The van der Waals surface area contributed by atoms with Crippen molar-refractivity contribution in [3.05, 3.63) is 71.3 Å². The van der Waals surface area contributed by atoms with Crippen molar-refractivity contribution in [1.82, 2.24) is 5.32 Å². The smallest absolute Gasteiger partial charge is 0.0325 e. The quantitative estimate of drug-likeness (QED) is 0.699. The molecule has 1 unspecified atom stereocenters. The van der Waals surface area contributed by atoms with Crippen molar-refractivity contribution in [3.63, 3.8) is 0 Å². The van der Waals surface area contributed by atoms with E-state index >= 15 is 0 Å². The van der Waals surface area contributed by atoms with Crippen LogP contribution in [0.1, 0.15) is 61.9 Å². The Morgan fingerprint density at radius 1 is 0.952 bits per heavy atom. The summed E-state index contributed by atoms with van der Waals surface area (Å²) >= 11 is 0. The van der Waals surface area contributed by atoms with Crippen molar-refractivity contribution in [1.29, 1.82) is 0 Å². The first-order valence-electron chi connectivity index (χ1n) is 8.09. The Labute approximate surface area is 129 Å². The molecule has 0 aromatic heterocycles. The molecule has 112 valence electrons. The standard InChI is InChI=1S/C20H27N/c1-4-5-15-20(18-12-7-6-8-13-18)21-17(3)19-14-10-9-11-16(19)2/h6-14,17,20-21H,4-5,15H2,1-3H3/t17-,20?/m1/s1. The molecule has 0 aliphatic carbocycles. The lowest BCUT2D eigenvalue weighted by Gasteiger charge is -2.25. The van der Waals surface area contributed by atoms with Crippen LogP contribution in [0.4, 0.5) is 0 Å². The van der Waals surface area contributed by atoms with Crippen molar-refractivity contribution in [3.8, 4) is 0 Å². The van der Waals surface area contributed by atoms with Gasteiger partial charge in [-0.25, -0.2) is 0 Å². The van der Waals surface area contributed by atoms with Gasteiger partial charge in [-0.05, 0) is 37.0 Å². The molecule has 0 bridgehead atoms. The monoisotopic (exact) mass is 281 g/mol. The number of rotatable bonds is 7. The Bertz CT molecular complexity index is 533. The van der Waals surface area contributed by atoms with E-state index in [2.05, 4.69) is 80.7 Å². The van der Waals surface area contributed by atoms with Crippen LogP contribution in [-0.4, -0.2) is 0 Å². The van der Waals surface area contributed by atoms with Gasteiger partial charge < -0.3 is 5.32 Å². The number of aryl methyl sites for hydroxylation is 1. The van der Waals surface area contributed by atoms with E-state index in [0.29, 0.717) is 12.1 Å². The molecule has 0 amide bonds. The maximum Gasteiger partial charge on any atom is 0.0325 e.